The number of carbonyl (C=O) groups is 2. The van der Waals surface area contributed by atoms with Crippen molar-refractivity contribution in [2.24, 2.45) is 0 Å². The van der Waals surface area contributed by atoms with Crippen molar-refractivity contribution in [3.05, 3.63) is 30.3 Å². The highest BCUT2D eigenvalue weighted by Gasteiger charge is 2.40. The largest absolute Gasteiger partial charge is 0.480 e. The van der Waals surface area contributed by atoms with E-state index in [1.807, 2.05) is 25.1 Å². The van der Waals surface area contributed by atoms with E-state index < -0.39 is 10.7 Å². The zero-order chi connectivity index (χ0) is 13.9. The Bertz CT molecular complexity index is 469. The van der Waals surface area contributed by atoms with Crippen LogP contribution in [0.2, 0.25) is 0 Å². The Morgan fingerprint density at radius 1 is 1.37 bits per heavy atom. The molecule has 102 valence electrons. The fourth-order valence-electron chi connectivity index (χ4n) is 2.26. The van der Waals surface area contributed by atoms with Crippen LogP contribution in [0.3, 0.4) is 0 Å². The van der Waals surface area contributed by atoms with E-state index in [-0.39, 0.29) is 12.5 Å². The van der Waals surface area contributed by atoms with Gasteiger partial charge in [-0.3, -0.25) is 9.59 Å². The van der Waals surface area contributed by atoms with Crippen molar-refractivity contribution in [1.82, 2.24) is 0 Å². The van der Waals surface area contributed by atoms with Crippen molar-refractivity contribution < 1.29 is 14.7 Å². The smallest absolute Gasteiger partial charge is 0.323 e. The fraction of sp³-hybridized carbons (Fsp3) is 0.429. The first-order valence-corrected chi connectivity index (χ1v) is 7.24. The van der Waals surface area contributed by atoms with Gasteiger partial charge in [0, 0.05) is 5.69 Å². The van der Waals surface area contributed by atoms with Crippen molar-refractivity contribution in [1.29, 1.82) is 0 Å². The molecule has 5 heteroatoms. The number of benzene rings is 1. The Balaban J connectivity index is 2.27. The molecule has 1 aliphatic heterocycles. The molecule has 1 amide bonds. The monoisotopic (exact) mass is 279 g/mol. The molecule has 0 saturated carbocycles. The van der Waals surface area contributed by atoms with Crippen LogP contribution in [-0.4, -0.2) is 34.0 Å². The maximum absolute atomic E-state index is 12.6. The van der Waals surface area contributed by atoms with Crippen molar-refractivity contribution in [3.63, 3.8) is 0 Å². The highest BCUT2D eigenvalue weighted by molar-refractivity contribution is 8.01. The summed E-state index contributed by atoms with van der Waals surface area (Å²) in [6, 6.07) is 9.00. The van der Waals surface area contributed by atoms with Crippen molar-refractivity contribution >= 4 is 29.3 Å². The van der Waals surface area contributed by atoms with Gasteiger partial charge in [0.1, 0.15) is 6.54 Å². The summed E-state index contributed by atoms with van der Waals surface area (Å²) in [4.78, 5) is 25.0. The summed E-state index contributed by atoms with van der Waals surface area (Å²) < 4.78 is -0.495. The summed E-state index contributed by atoms with van der Waals surface area (Å²) in [5, 5.41) is 9.02. The lowest BCUT2D eigenvalue weighted by Gasteiger charge is -2.30. The number of aliphatic carboxylic acids is 1. The molecule has 4 nitrogen and oxygen atoms in total. The van der Waals surface area contributed by atoms with Gasteiger partial charge in [-0.2, -0.15) is 0 Å². The molecule has 1 N–H and O–H groups in total. The highest BCUT2D eigenvalue weighted by Crippen LogP contribution is 2.39. The number of rotatable bonds is 4. The van der Waals surface area contributed by atoms with E-state index in [0.717, 1.165) is 18.6 Å². The second-order valence-electron chi connectivity index (χ2n) is 4.80. The third kappa shape index (κ3) is 3.10. The van der Waals surface area contributed by atoms with Crippen LogP contribution in [0.1, 0.15) is 19.8 Å². The van der Waals surface area contributed by atoms with E-state index in [1.165, 1.54) is 4.90 Å². The number of anilines is 1. The molecule has 1 heterocycles. The van der Waals surface area contributed by atoms with Crippen LogP contribution in [0, 0.1) is 0 Å². The standard InChI is InChI=1S/C14H17NO3S/c1-14(8-5-9-19-14)13(18)15(10-12(16)17)11-6-3-2-4-7-11/h2-4,6-7H,5,8-10H2,1H3,(H,16,17). The average Bonchev–Trinajstić information content (AvgIpc) is 2.84. The minimum absolute atomic E-state index is 0.108. The van der Waals surface area contributed by atoms with E-state index in [2.05, 4.69) is 0 Å². The zero-order valence-electron chi connectivity index (χ0n) is 10.8. The number of hydrogen-bond acceptors (Lipinski definition) is 3. The van der Waals surface area contributed by atoms with E-state index in [0.29, 0.717) is 5.69 Å². The summed E-state index contributed by atoms with van der Waals surface area (Å²) in [6.45, 7) is 1.61. The SMILES string of the molecule is CC1(C(=O)N(CC(=O)O)c2ccccc2)CCCS1. The first-order valence-electron chi connectivity index (χ1n) is 6.26. The van der Waals surface area contributed by atoms with Gasteiger partial charge in [0.15, 0.2) is 0 Å². The first-order chi connectivity index (χ1) is 9.03. The maximum atomic E-state index is 12.6. The molecule has 19 heavy (non-hydrogen) atoms. The van der Waals surface area contributed by atoms with E-state index in [1.54, 1.807) is 23.9 Å². The quantitative estimate of drug-likeness (QED) is 0.919. The third-order valence-electron chi connectivity index (χ3n) is 3.28. The summed E-state index contributed by atoms with van der Waals surface area (Å²) in [6.07, 6.45) is 1.81. The summed E-state index contributed by atoms with van der Waals surface area (Å²) in [5.74, 6) is -0.148. The Labute approximate surface area is 116 Å². The van der Waals surface area contributed by atoms with Crippen molar-refractivity contribution in [2.75, 3.05) is 17.2 Å². The molecule has 1 atom stereocenters. The van der Waals surface area contributed by atoms with Gasteiger partial charge < -0.3 is 10.0 Å². The first kappa shape index (κ1) is 13.9. The maximum Gasteiger partial charge on any atom is 0.323 e. The van der Waals surface area contributed by atoms with Gasteiger partial charge in [-0.05, 0) is 37.7 Å². The van der Waals surface area contributed by atoms with Crippen LogP contribution < -0.4 is 4.90 Å². The number of carbonyl (C=O) groups excluding carboxylic acids is 1. The molecule has 1 aromatic carbocycles. The number of carboxylic acids is 1. The summed E-state index contributed by atoms with van der Waals surface area (Å²) in [7, 11) is 0. The lowest BCUT2D eigenvalue weighted by molar-refractivity contribution is -0.136. The highest BCUT2D eigenvalue weighted by atomic mass is 32.2. The summed E-state index contributed by atoms with van der Waals surface area (Å²) >= 11 is 1.62. The number of amides is 1. The molecule has 0 bridgehead atoms. The van der Waals surface area contributed by atoms with Crippen LogP contribution in [0.5, 0.6) is 0 Å². The van der Waals surface area contributed by atoms with Crippen LogP contribution in [0.15, 0.2) is 30.3 Å². The molecule has 1 aliphatic rings. The molecule has 2 rings (SSSR count). The van der Waals surface area contributed by atoms with Gasteiger partial charge in [0.2, 0.25) is 5.91 Å². The van der Waals surface area contributed by atoms with Crippen molar-refractivity contribution in [2.45, 2.75) is 24.5 Å². The molecule has 1 unspecified atom stereocenters. The zero-order valence-corrected chi connectivity index (χ0v) is 11.7. The van der Waals surface area contributed by atoms with E-state index >= 15 is 0 Å². The van der Waals surface area contributed by atoms with E-state index in [4.69, 9.17) is 5.11 Å². The van der Waals surface area contributed by atoms with Crippen LogP contribution in [-0.2, 0) is 9.59 Å². The van der Waals surface area contributed by atoms with Crippen LogP contribution >= 0.6 is 11.8 Å². The van der Waals surface area contributed by atoms with Gasteiger partial charge in [0.05, 0.1) is 4.75 Å². The van der Waals surface area contributed by atoms with Gasteiger partial charge >= 0.3 is 5.97 Å². The lowest BCUT2D eigenvalue weighted by atomic mass is 10.0. The Hall–Kier alpha value is -1.49. The molecule has 1 aromatic rings. The molecule has 1 fully saturated rings. The molecule has 0 aliphatic carbocycles. The molecular formula is C14H17NO3S. The van der Waals surface area contributed by atoms with Gasteiger partial charge in [-0.1, -0.05) is 18.2 Å². The predicted molar refractivity (Wildman–Crippen MR) is 76.5 cm³/mol. The fourth-order valence-corrected chi connectivity index (χ4v) is 3.52. The molecule has 0 aromatic heterocycles. The Morgan fingerprint density at radius 2 is 2.05 bits per heavy atom. The van der Waals surface area contributed by atoms with E-state index in [9.17, 15) is 9.59 Å². The lowest BCUT2D eigenvalue weighted by Crippen LogP contribution is -2.46. The van der Waals surface area contributed by atoms with Crippen LogP contribution in [0.25, 0.3) is 0 Å². The Morgan fingerprint density at radius 3 is 2.58 bits per heavy atom. The number of para-hydroxylation sites is 1. The molecule has 0 radical (unpaired) electrons. The van der Waals surface area contributed by atoms with Crippen LogP contribution in [0.4, 0.5) is 5.69 Å². The number of nitrogens with zero attached hydrogens (tertiary/aromatic N) is 1. The Kier molecular flexibility index (Phi) is 4.14. The topological polar surface area (TPSA) is 57.6 Å². The number of carboxylic acid groups (broad SMARTS) is 1. The molecule has 1 saturated heterocycles. The van der Waals surface area contributed by atoms with Gasteiger partial charge in [0.25, 0.3) is 0 Å². The average molecular weight is 279 g/mol. The predicted octanol–water partition coefficient (Wildman–Crippen LogP) is 2.39. The normalized spacial score (nSPS) is 22.2. The van der Waals surface area contributed by atoms with Crippen molar-refractivity contribution in [3.8, 4) is 0 Å². The molecular weight excluding hydrogens is 262 g/mol. The third-order valence-corrected chi connectivity index (χ3v) is 4.79. The van der Waals surface area contributed by atoms with Gasteiger partial charge in [-0.25, -0.2) is 0 Å². The second-order valence-corrected chi connectivity index (χ2v) is 6.40. The van der Waals surface area contributed by atoms with Gasteiger partial charge in [-0.15, -0.1) is 11.8 Å². The number of thioether (sulfide) groups is 1. The minimum Gasteiger partial charge on any atom is -0.480 e. The second kappa shape index (κ2) is 5.65. The summed E-state index contributed by atoms with van der Waals surface area (Å²) in [5.41, 5.74) is 0.642. The number of hydrogen-bond donors (Lipinski definition) is 1. The minimum atomic E-state index is -0.996. The molecule has 0 spiro atoms.